The number of hydrogen-bond donors (Lipinski definition) is 0. The zero-order valence-electron chi connectivity index (χ0n) is 9.66. The van der Waals surface area contributed by atoms with E-state index in [4.69, 9.17) is 0 Å². The molecule has 0 aliphatic heterocycles. The van der Waals surface area contributed by atoms with Gasteiger partial charge in [0, 0.05) is 0 Å². The van der Waals surface area contributed by atoms with Gasteiger partial charge in [0.05, 0.1) is 12.0 Å². The summed E-state index contributed by atoms with van der Waals surface area (Å²) in [5.41, 5.74) is 1.02. The van der Waals surface area contributed by atoms with Crippen LogP contribution in [0.5, 0.6) is 0 Å². The summed E-state index contributed by atoms with van der Waals surface area (Å²) >= 11 is 1.71. The lowest BCUT2D eigenvalue weighted by atomic mass is 10.2. The summed E-state index contributed by atoms with van der Waals surface area (Å²) in [5, 5.41) is 4.08. The van der Waals surface area contributed by atoms with Crippen molar-refractivity contribution in [1.29, 1.82) is 0 Å². The molecule has 5 heteroatoms. The van der Waals surface area contributed by atoms with Crippen molar-refractivity contribution >= 4 is 21.5 Å². The number of hydrogen-bond acceptors (Lipinski definition) is 4. The molecule has 2 aromatic rings. The average molecular weight is 270 g/mol. The first-order valence-corrected chi connectivity index (χ1v) is 7.26. The van der Waals surface area contributed by atoms with E-state index in [0.717, 1.165) is 12.7 Å². The summed E-state index contributed by atoms with van der Waals surface area (Å²) in [6.45, 7) is 1.89. The highest BCUT2D eigenvalue weighted by Gasteiger charge is 2.10. The molecule has 92 valence electrons. The largest absolute Gasteiger partial charge is 0.296 e. The highest BCUT2D eigenvalue weighted by atomic mass is 32.2. The van der Waals surface area contributed by atoms with Crippen LogP contribution in [0.15, 0.2) is 52.1 Å². The quantitative estimate of drug-likeness (QED) is 0.788. The van der Waals surface area contributed by atoms with Gasteiger partial charge in [0.1, 0.15) is 0 Å². The fourth-order valence-electron chi connectivity index (χ4n) is 1.03. The molecule has 0 saturated carbocycles. The van der Waals surface area contributed by atoms with Crippen LogP contribution in [0, 0.1) is 6.92 Å². The summed E-state index contributed by atoms with van der Waals surface area (Å²) in [7, 11) is -2.37. The SMILES string of the molecule is COS(=O)(=O)c1ccc(C)cc1.c1ccsc1. The van der Waals surface area contributed by atoms with Gasteiger partial charge in [-0.05, 0) is 29.8 Å². The Hall–Kier alpha value is -1.17. The lowest BCUT2D eigenvalue weighted by Crippen LogP contribution is -2.02. The zero-order valence-corrected chi connectivity index (χ0v) is 11.3. The first kappa shape index (κ1) is 13.9. The molecule has 0 radical (unpaired) electrons. The lowest BCUT2D eigenvalue weighted by Gasteiger charge is -2.00. The normalized spacial score (nSPS) is 10.5. The summed E-state index contributed by atoms with van der Waals surface area (Å²) in [4.78, 5) is 0.190. The average Bonchev–Trinajstić information content (AvgIpc) is 2.88. The van der Waals surface area contributed by atoms with Crippen LogP contribution in [0.2, 0.25) is 0 Å². The Bertz CT molecular complexity index is 496. The third-order valence-corrected chi connectivity index (χ3v) is 3.87. The fourth-order valence-corrected chi connectivity index (χ4v) is 2.14. The molecule has 0 atom stereocenters. The molecule has 1 heterocycles. The molecule has 1 aromatic carbocycles. The van der Waals surface area contributed by atoms with Crippen LogP contribution in [0.25, 0.3) is 0 Å². The molecule has 17 heavy (non-hydrogen) atoms. The molecule has 0 bridgehead atoms. The van der Waals surface area contributed by atoms with E-state index in [-0.39, 0.29) is 4.90 Å². The van der Waals surface area contributed by atoms with E-state index in [1.54, 1.807) is 23.5 Å². The Labute approximate surface area is 106 Å². The van der Waals surface area contributed by atoms with E-state index in [0.29, 0.717) is 0 Å². The van der Waals surface area contributed by atoms with Crippen LogP contribution in [0.3, 0.4) is 0 Å². The highest BCUT2D eigenvalue weighted by Crippen LogP contribution is 2.11. The van der Waals surface area contributed by atoms with Gasteiger partial charge in [-0.2, -0.15) is 19.8 Å². The maximum absolute atomic E-state index is 11.1. The van der Waals surface area contributed by atoms with Crippen molar-refractivity contribution in [2.75, 3.05) is 7.11 Å². The molecule has 2 rings (SSSR count). The van der Waals surface area contributed by atoms with E-state index in [1.807, 2.05) is 29.8 Å². The van der Waals surface area contributed by atoms with Crippen LogP contribution >= 0.6 is 11.3 Å². The summed E-state index contributed by atoms with van der Waals surface area (Å²) < 4.78 is 26.5. The van der Waals surface area contributed by atoms with E-state index in [9.17, 15) is 8.42 Å². The van der Waals surface area contributed by atoms with Gasteiger partial charge in [0.15, 0.2) is 0 Å². The maximum atomic E-state index is 11.1. The summed E-state index contributed by atoms with van der Waals surface area (Å²) in [6, 6.07) is 10.5. The van der Waals surface area contributed by atoms with E-state index >= 15 is 0 Å². The summed E-state index contributed by atoms with van der Waals surface area (Å²) in [6.07, 6.45) is 0. The Morgan fingerprint density at radius 1 is 1.06 bits per heavy atom. The number of benzene rings is 1. The second-order valence-electron chi connectivity index (χ2n) is 3.23. The molecule has 0 N–H and O–H groups in total. The van der Waals surface area contributed by atoms with Gasteiger partial charge in [-0.1, -0.05) is 29.8 Å². The predicted octanol–water partition coefficient (Wildman–Crippen LogP) is 3.08. The zero-order chi connectivity index (χ0) is 12.7. The van der Waals surface area contributed by atoms with Crippen LogP contribution in [-0.2, 0) is 14.3 Å². The Kier molecular flexibility index (Phi) is 5.34. The van der Waals surface area contributed by atoms with Crippen molar-refractivity contribution in [2.24, 2.45) is 0 Å². The Morgan fingerprint density at radius 2 is 1.59 bits per heavy atom. The van der Waals surface area contributed by atoms with Crippen molar-refractivity contribution < 1.29 is 12.6 Å². The Morgan fingerprint density at radius 3 is 1.94 bits per heavy atom. The topological polar surface area (TPSA) is 43.4 Å². The minimum absolute atomic E-state index is 0.190. The maximum Gasteiger partial charge on any atom is 0.296 e. The van der Waals surface area contributed by atoms with Crippen molar-refractivity contribution in [3.63, 3.8) is 0 Å². The predicted molar refractivity (Wildman–Crippen MR) is 69.7 cm³/mol. The minimum atomic E-state index is -3.51. The second kappa shape index (κ2) is 6.54. The van der Waals surface area contributed by atoms with Crippen molar-refractivity contribution in [3.8, 4) is 0 Å². The van der Waals surface area contributed by atoms with E-state index in [1.165, 1.54) is 12.1 Å². The van der Waals surface area contributed by atoms with E-state index < -0.39 is 10.1 Å². The molecule has 0 amide bonds. The lowest BCUT2D eigenvalue weighted by molar-refractivity contribution is 0.398. The molecular formula is C12H14O3S2. The second-order valence-corrected chi connectivity index (χ2v) is 5.76. The number of aryl methyl sites for hydroxylation is 1. The van der Waals surface area contributed by atoms with Gasteiger partial charge in [-0.15, -0.1) is 0 Å². The van der Waals surface area contributed by atoms with Gasteiger partial charge in [0.25, 0.3) is 10.1 Å². The number of thiophene rings is 1. The molecule has 0 aliphatic carbocycles. The molecule has 0 unspecified atom stereocenters. The van der Waals surface area contributed by atoms with Crippen LogP contribution in [0.4, 0.5) is 0 Å². The first-order valence-electron chi connectivity index (χ1n) is 4.91. The van der Waals surface area contributed by atoms with Gasteiger partial charge in [-0.3, -0.25) is 4.18 Å². The fraction of sp³-hybridized carbons (Fsp3) is 0.167. The van der Waals surface area contributed by atoms with Crippen LogP contribution in [-0.4, -0.2) is 15.5 Å². The molecule has 0 saturated heterocycles. The van der Waals surface area contributed by atoms with Crippen molar-refractivity contribution in [2.45, 2.75) is 11.8 Å². The molecule has 3 nitrogen and oxygen atoms in total. The standard InChI is InChI=1S/C8H10O3S.C4H4S/c1-7-3-5-8(6-4-7)12(9,10)11-2;1-2-4-5-3-1/h3-6H,1-2H3;1-4H. The third-order valence-electron chi connectivity index (χ3n) is 1.95. The van der Waals surface area contributed by atoms with Gasteiger partial charge in [-0.25, -0.2) is 0 Å². The first-order chi connectivity index (χ1) is 8.06. The molecule has 1 aromatic heterocycles. The van der Waals surface area contributed by atoms with Gasteiger partial charge in [0.2, 0.25) is 0 Å². The Balaban J connectivity index is 0.000000239. The molecule has 0 fully saturated rings. The van der Waals surface area contributed by atoms with Crippen LogP contribution < -0.4 is 0 Å². The smallest absolute Gasteiger partial charge is 0.270 e. The van der Waals surface area contributed by atoms with Crippen LogP contribution in [0.1, 0.15) is 5.56 Å². The molecular weight excluding hydrogens is 256 g/mol. The number of rotatable bonds is 2. The molecule has 0 aliphatic rings. The summed E-state index contributed by atoms with van der Waals surface area (Å²) in [5.74, 6) is 0. The van der Waals surface area contributed by atoms with E-state index in [2.05, 4.69) is 4.18 Å². The van der Waals surface area contributed by atoms with Gasteiger partial charge >= 0.3 is 0 Å². The van der Waals surface area contributed by atoms with Crippen molar-refractivity contribution in [1.82, 2.24) is 0 Å². The van der Waals surface area contributed by atoms with Crippen molar-refractivity contribution in [3.05, 3.63) is 52.7 Å². The monoisotopic (exact) mass is 270 g/mol. The van der Waals surface area contributed by atoms with Gasteiger partial charge < -0.3 is 0 Å². The minimum Gasteiger partial charge on any atom is -0.270 e. The third kappa shape index (κ3) is 4.68. The highest BCUT2D eigenvalue weighted by molar-refractivity contribution is 7.86. The molecule has 0 spiro atoms.